The highest BCUT2D eigenvalue weighted by molar-refractivity contribution is 6.32. The molecule has 1 fully saturated rings. The molecule has 1 aromatic heterocycles. The van der Waals surface area contributed by atoms with E-state index in [9.17, 15) is 5.11 Å². The third-order valence-corrected chi connectivity index (χ3v) is 5.46. The Bertz CT molecular complexity index is 720. The molecule has 5 nitrogen and oxygen atoms in total. The SMILES string of the molecule is CCN1CCN(C(C)(C)Cn2ccnc2-c2ccc(O)c(Cl)c2)CC1. The van der Waals surface area contributed by atoms with Crippen LogP contribution in [0.2, 0.25) is 5.02 Å². The highest BCUT2D eigenvalue weighted by Crippen LogP contribution is 2.29. The smallest absolute Gasteiger partial charge is 0.139 e. The van der Waals surface area contributed by atoms with Crippen molar-refractivity contribution in [2.24, 2.45) is 0 Å². The summed E-state index contributed by atoms with van der Waals surface area (Å²) in [5.74, 6) is 0.972. The summed E-state index contributed by atoms with van der Waals surface area (Å²) in [7, 11) is 0. The zero-order valence-corrected chi connectivity index (χ0v) is 16.0. The van der Waals surface area contributed by atoms with Crippen LogP contribution < -0.4 is 0 Å². The van der Waals surface area contributed by atoms with Crippen molar-refractivity contribution in [1.82, 2.24) is 19.4 Å². The van der Waals surface area contributed by atoms with Gasteiger partial charge >= 0.3 is 0 Å². The highest BCUT2D eigenvalue weighted by atomic mass is 35.5. The van der Waals surface area contributed by atoms with Crippen molar-refractivity contribution in [2.45, 2.75) is 32.9 Å². The Morgan fingerprint density at radius 2 is 1.92 bits per heavy atom. The lowest BCUT2D eigenvalue weighted by Crippen LogP contribution is -2.56. The van der Waals surface area contributed by atoms with E-state index in [0.717, 1.165) is 50.7 Å². The van der Waals surface area contributed by atoms with Crippen molar-refractivity contribution in [3.05, 3.63) is 35.6 Å². The van der Waals surface area contributed by atoms with Crippen molar-refractivity contribution < 1.29 is 5.11 Å². The molecule has 1 saturated heterocycles. The molecule has 2 heterocycles. The Balaban J connectivity index is 1.77. The van der Waals surface area contributed by atoms with Crippen molar-refractivity contribution >= 4 is 11.6 Å². The maximum absolute atomic E-state index is 9.64. The molecule has 0 atom stereocenters. The van der Waals surface area contributed by atoms with Crippen molar-refractivity contribution in [2.75, 3.05) is 32.7 Å². The van der Waals surface area contributed by atoms with Gasteiger partial charge in [0.05, 0.1) is 5.02 Å². The third kappa shape index (κ3) is 4.00. The minimum absolute atomic E-state index is 0.0377. The Kier molecular flexibility index (Phi) is 5.37. The van der Waals surface area contributed by atoms with E-state index in [1.165, 1.54) is 0 Å². The van der Waals surface area contributed by atoms with Crippen molar-refractivity contribution in [3.63, 3.8) is 0 Å². The number of benzene rings is 1. The van der Waals surface area contributed by atoms with Crippen LogP contribution >= 0.6 is 11.6 Å². The predicted octanol–water partition coefficient (Wildman–Crippen LogP) is 3.33. The summed E-state index contributed by atoms with van der Waals surface area (Å²) in [5, 5.41) is 9.99. The molecule has 1 N–H and O–H groups in total. The van der Waals surface area contributed by atoms with Crippen LogP contribution in [0.3, 0.4) is 0 Å². The average Bonchev–Trinajstić information content (AvgIpc) is 3.05. The van der Waals surface area contributed by atoms with Gasteiger partial charge in [-0.1, -0.05) is 18.5 Å². The van der Waals surface area contributed by atoms with Crippen LogP contribution in [0.15, 0.2) is 30.6 Å². The van der Waals surface area contributed by atoms with Gasteiger partial charge in [-0.25, -0.2) is 4.98 Å². The fraction of sp³-hybridized carbons (Fsp3) is 0.526. The number of phenolic OH excluding ortho intramolecular Hbond substituents is 1. The minimum atomic E-state index is 0.0377. The van der Waals surface area contributed by atoms with E-state index in [1.54, 1.807) is 12.1 Å². The molecule has 1 aromatic carbocycles. The van der Waals surface area contributed by atoms with Gasteiger partial charge in [0.2, 0.25) is 0 Å². The summed E-state index contributed by atoms with van der Waals surface area (Å²) in [6.45, 7) is 13.2. The van der Waals surface area contributed by atoms with Crippen LogP contribution in [0.5, 0.6) is 5.75 Å². The largest absolute Gasteiger partial charge is 0.506 e. The van der Waals surface area contributed by atoms with Gasteiger partial charge in [0.25, 0.3) is 0 Å². The molecule has 0 spiro atoms. The molecule has 3 rings (SSSR count). The maximum atomic E-state index is 9.64. The first-order chi connectivity index (χ1) is 11.9. The number of likely N-dealkylation sites (N-methyl/N-ethyl adjacent to an activating group) is 1. The Hall–Kier alpha value is -1.56. The number of piperazine rings is 1. The molecule has 0 amide bonds. The van der Waals surface area contributed by atoms with E-state index in [1.807, 2.05) is 18.5 Å². The van der Waals surface area contributed by atoms with E-state index in [0.29, 0.717) is 5.02 Å². The molecule has 0 aliphatic carbocycles. The lowest BCUT2D eigenvalue weighted by molar-refractivity contribution is 0.0444. The number of phenols is 1. The van der Waals surface area contributed by atoms with Gasteiger partial charge < -0.3 is 14.6 Å². The summed E-state index contributed by atoms with van der Waals surface area (Å²) >= 11 is 6.07. The maximum Gasteiger partial charge on any atom is 0.139 e. The highest BCUT2D eigenvalue weighted by Gasteiger charge is 2.30. The number of hydrogen-bond acceptors (Lipinski definition) is 4. The summed E-state index contributed by atoms with van der Waals surface area (Å²) in [6, 6.07) is 5.24. The summed E-state index contributed by atoms with van der Waals surface area (Å²) in [6.07, 6.45) is 3.83. The molecule has 6 heteroatoms. The van der Waals surface area contributed by atoms with Crippen LogP contribution in [0, 0.1) is 0 Å². The third-order valence-electron chi connectivity index (χ3n) is 5.15. The second kappa shape index (κ2) is 7.36. The van der Waals surface area contributed by atoms with E-state index < -0.39 is 0 Å². The van der Waals surface area contributed by atoms with Crippen molar-refractivity contribution in [3.8, 4) is 17.1 Å². The first kappa shape index (κ1) is 18.2. The summed E-state index contributed by atoms with van der Waals surface area (Å²) in [5.41, 5.74) is 0.954. The first-order valence-electron chi connectivity index (χ1n) is 8.88. The quantitative estimate of drug-likeness (QED) is 0.886. The Morgan fingerprint density at radius 3 is 2.56 bits per heavy atom. The molecule has 1 aliphatic heterocycles. The van der Waals surface area contributed by atoms with Crippen LogP contribution in [-0.2, 0) is 6.54 Å². The number of aromatic hydroxyl groups is 1. The second-order valence-electron chi connectivity index (χ2n) is 7.28. The van der Waals surface area contributed by atoms with Gasteiger partial charge in [-0.2, -0.15) is 0 Å². The monoisotopic (exact) mass is 362 g/mol. The number of hydrogen-bond donors (Lipinski definition) is 1. The van der Waals surface area contributed by atoms with E-state index in [-0.39, 0.29) is 11.3 Å². The van der Waals surface area contributed by atoms with Gasteiger partial charge in [-0.3, -0.25) is 4.90 Å². The molecule has 2 aromatic rings. The number of imidazole rings is 1. The Morgan fingerprint density at radius 1 is 1.20 bits per heavy atom. The standard InChI is InChI=1S/C19H27ClN4O/c1-4-22-9-11-24(12-10-22)19(2,3)14-23-8-7-21-18(23)15-5-6-17(25)16(20)13-15/h5-8,13,25H,4,9-12,14H2,1-3H3. The number of aromatic nitrogens is 2. The lowest BCUT2D eigenvalue weighted by atomic mass is 10.0. The van der Waals surface area contributed by atoms with E-state index >= 15 is 0 Å². The summed E-state index contributed by atoms with van der Waals surface area (Å²) in [4.78, 5) is 9.56. The van der Waals surface area contributed by atoms with E-state index in [2.05, 4.69) is 40.1 Å². The fourth-order valence-corrected chi connectivity index (χ4v) is 3.71. The number of halogens is 1. The molecule has 0 unspecified atom stereocenters. The Labute approximate surface area is 154 Å². The molecule has 0 radical (unpaired) electrons. The molecule has 0 saturated carbocycles. The molecular formula is C19H27ClN4O. The second-order valence-corrected chi connectivity index (χ2v) is 7.69. The number of rotatable bonds is 5. The van der Waals surface area contributed by atoms with Crippen molar-refractivity contribution in [1.29, 1.82) is 0 Å². The van der Waals surface area contributed by atoms with Crippen LogP contribution in [0.1, 0.15) is 20.8 Å². The van der Waals surface area contributed by atoms with Crippen LogP contribution in [0.4, 0.5) is 0 Å². The molecule has 25 heavy (non-hydrogen) atoms. The average molecular weight is 363 g/mol. The van der Waals surface area contributed by atoms with Crippen LogP contribution in [0.25, 0.3) is 11.4 Å². The normalized spacial score (nSPS) is 17.1. The van der Waals surface area contributed by atoms with Crippen LogP contribution in [-0.4, -0.2) is 62.7 Å². The molecule has 136 valence electrons. The zero-order chi connectivity index (χ0) is 18.0. The molecular weight excluding hydrogens is 336 g/mol. The van der Waals surface area contributed by atoms with Gasteiger partial charge in [0.15, 0.2) is 0 Å². The summed E-state index contributed by atoms with van der Waals surface area (Å²) < 4.78 is 2.18. The molecule has 1 aliphatic rings. The lowest BCUT2D eigenvalue weighted by Gasteiger charge is -2.44. The topological polar surface area (TPSA) is 44.5 Å². The van der Waals surface area contributed by atoms with Gasteiger partial charge in [-0.15, -0.1) is 0 Å². The molecule has 0 bridgehead atoms. The van der Waals surface area contributed by atoms with Gasteiger partial charge in [0, 0.05) is 56.2 Å². The predicted molar refractivity (Wildman–Crippen MR) is 102 cm³/mol. The van der Waals surface area contributed by atoms with Gasteiger partial charge in [0.1, 0.15) is 11.6 Å². The van der Waals surface area contributed by atoms with E-state index in [4.69, 9.17) is 11.6 Å². The fourth-order valence-electron chi connectivity index (χ4n) is 3.53. The first-order valence-corrected chi connectivity index (χ1v) is 9.26. The number of nitrogens with zero attached hydrogens (tertiary/aromatic N) is 4. The zero-order valence-electron chi connectivity index (χ0n) is 15.2. The van der Waals surface area contributed by atoms with Gasteiger partial charge in [-0.05, 0) is 38.6 Å². The minimum Gasteiger partial charge on any atom is -0.506 e.